The monoisotopic (exact) mass is 765 g/mol. The van der Waals surface area contributed by atoms with Gasteiger partial charge in [-0.05, 0) is 57.3 Å². The molecule has 0 fully saturated rings. The predicted molar refractivity (Wildman–Crippen MR) is 248 cm³/mol. The van der Waals surface area contributed by atoms with E-state index in [9.17, 15) is 0 Å². The highest BCUT2D eigenvalue weighted by Gasteiger charge is 2.26. The van der Waals surface area contributed by atoms with E-state index in [4.69, 9.17) is 15.0 Å². The molecular formula is C55H35N5. The van der Waals surface area contributed by atoms with Crippen molar-refractivity contribution in [2.75, 3.05) is 0 Å². The van der Waals surface area contributed by atoms with Crippen molar-refractivity contribution >= 4 is 54.4 Å². The Bertz CT molecular complexity index is 3450. The standard InChI is InChI=1S/C55H35N5/c1-4-16-36(17-5-1)38-28-32-40(33-29-38)53-56-54(41-34-30-39(31-35-41)37-18-6-2-7-19-37)58-55(57-53)60-48-27-15-13-25-46(48)50-44-23-11-10-22-43(44)49-45-24-12-14-26-47(45)59(51(49)52(50)60)42-20-8-3-9-21-42/h1-35H. The summed E-state index contributed by atoms with van der Waals surface area (Å²) in [7, 11) is 0. The van der Waals surface area contributed by atoms with Gasteiger partial charge in [-0.15, -0.1) is 0 Å². The smallest absolute Gasteiger partial charge is 0.238 e. The molecule has 0 radical (unpaired) electrons. The van der Waals surface area contributed by atoms with Gasteiger partial charge in [0, 0.05) is 38.4 Å². The molecule has 0 aliphatic heterocycles. The highest BCUT2D eigenvalue weighted by Crippen LogP contribution is 2.46. The van der Waals surface area contributed by atoms with Crippen LogP contribution in [0.1, 0.15) is 0 Å². The molecule has 12 rings (SSSR count). The van der Waals surface area contributed by atoms with Crippen molar-refractivity contribution in [1.29, 1.82) is 0 Å². The summed E-state index contributed by atoms with van der Waals surface area (Å²) >= 11 is 0. The summed E-state index contributed by atoms with van der Waals surface area (Å²) in [6.07, 6.45) is 0. The van der Waals surface area contributed by atoms with E-state index < -0.39 is 0 Å². The Balaban J connectivity index is 1.19. The van der Waals surface area contributed by atoms with Gasteiger partial charge in [0.05, 0.1) is 22.1 Å². The van der Waals surface area contributed by atoms with E-state index in [1.807, 2.05) is 12.1 Å². The molecule has 0 bridgehead atoms. The predicted octanol–water partition coefficient (Wildman–Crippen LogP) is 13.9. The first kappa shape index (κ1) is 33.9. The van der Waals surface area contributed by atoms with Crippen LogP contribution in [0.15, 0.2) is 212 Å². The van der Waals surface area contributed by atoms with Crippen LogP contribution >= 0.6 is 0 Å². The minimum absolute atomic E-state index is 0.557. The van der Waals surface area contributed by atoms with E-state index in [1.165, 1.54) is 21.5 Å². The quantitative estimate of drug-likeness (QED) is 0.169. The van der Waals surface area contributed by atoms with Gasteiger partial charge in [-0.2, -0.15) is 9.97 Å². The van der Waals surface area contributed by atoms with Gasteiger partial charge in [0.25, 0.3) is 0 Å². The maximum absolute atomic E-state index is 5.41. The molecule has 0 aliphatic rings. The Morgan fingerprint density at radius 3 is 1.10 bits per heavy atom. The lowest BCUT2D eigenvalue weighted by Gasteiger charge is -2.14. The fourth-order valence-electron chi connectivity index (χ4n) is 9.05. The molecule has 0 saturated heterocycles. The number of fused-ring (bicyclic) bond motifs is 10. The molecule has 0 unspecified atom stereocenters. The fraction of sp³-hybridized carbons (Fsp3) is 0. The molecule has 0 aliphatic carbocycles. The zero-order chi connectivity index (χ0) is 39.6. The zero-order valence-corrected chi connectivity index (χ0v) is 32.4. The first-order chi connectivity index (χ1) is 29.8. The van der Waals surface area contributed by atoms with Crippen LogP contribution in [0.3, 0.4) is 0 Å². The van der Waals surface area contributed by atoms with Crippen LogP contribution in [-0.4, -0.2) is 24.1 Å². The second-order valence-electron chi connectivity index (χ2n) is 15.2. The number of nitrogens with zero attached hydrogens (tertiary/aromatic N) is 5. The molecule has 5 nitrogen and oxygen atoms in total. The summed E-state index contributed by atoms with van der Waals surface area (Å²) in [5.41, 5.74) is 11.8. The number of benzene rings is 9. The van der Waals surface area contributed by atoms with Gasteiger partial charge in [0.15, 0.2) is 11.6 Å². The molecule has 60 heavy (non-hydrogen) atoms. The normalized spacial score (nSPS) is 11.7. The van der Waals surface area contributed by atoms with Crippen molar-refractivity contribution in [1.82, 2.24) is 24.1 Å². The highest BCUT2D eigenvalue weighted by molar-refractivity contribution is 6.36. The first-order valence-electron chi connectivity index (χ1n) is 20.3. The van der Waals surface area contributed by atoms with E-state index in [-0.39, 0.29) is 0 Å². The maximum atomic E-state index is 5.41. The Kier molecular flexibility index (Phi) is 7.78. The molecule has 0 amide bonds. The summed E-state index contributed by atoms with van der Waals surface area (Å²) < 4.78 is 4.70. The lowest BCUT2D eigenvalue weighted by molar-refractivity contribution is 0.953. The second kappa shape index (κ2) is 13.8. The average Bonchev–Trinajstić information content (AvgIpc) is 3.87. The van der Waals surface area contributed by atoms with Crippen molar-refractivity contribution in [3.05, 3.63) is 212 Å². The average molecular weight is 766 g/mol. The van der Waals surface area contributed by atoms with Crippen LogP contribution in [0, 0.1) is 0 Å². The Morgan fingerprint density at radius 2 is 0.617 bits per heavy atom. The third-order valence-corrected chi connectivity index (χ3v) is 11.8. The molecule has 3 heterocycles. The molecule has 0 atom stereocenters. The zero-order valence-electron chi connectivity index (χ0n) is 32.4. The van der Waals surface area contributed by atoms with E-state index >= 15 is 0 Å². The number of rotatable bonds is 6. The third-order valence-electron chi connectivity index (χ3n) is 11.8. The number of hydrogen-bond acceptors (Lipinski definition) is 3. The van der Waals surface area contributed by atoms with Crippen molar-refractivity contribution in [2.45, 2.75) is 0 Å². The van der Waals surface area contributed by atoms with Gasteiger partial charge in [-0.1, -0.05) is 188 Å². The Morgan fingerprint density at radius 1 is 0.267 bits per heavy atom. The van der Waals surface area contributed by atoms with Crippen LogP contribution in [0.2, 0.25) is 0 Å². The lowest BCUT2D eigenvalue weighted by atomic mass is 9.98. The van der Waals surface area contributed by atoms with Gasteiger partial charge in [-0.25, -0.2) is 4.98 Å². The molecule has 5 heteroatoms. The maximum Gasteiger partial charge on any atom is 0.238 e. The van der Waals surface area contributed by atoms with Crippen molar-refractivity contribution < 1.29 is 0 Å². The molecule has 280 valence electrons. The summed E-state index contributed by atoms with van der Waals surface area (Å²) in [4.78, 5) is 16.0. The molecule has 3 aromatic heterocycles. The summed E-state index contributed by atoms with van der Waals surface area (Å²) in [6, 6.07) is 74.9. The molecule has 9 aromatic carbocycles. The molecule has 0 spiro atoms. The fourth-order valence-corrected chi connectivity index (χ4v) is 9.05. The third kappa shape index (κ3) is 5.37. The number of para-hydroxylation sites is 3. The Labute approximate surface area is 346 Å². The van der Waals surface area contributed by atoms with E-state index in [1.54, 1.807) is 0 Å². The SMILES string of the molecule is c1ccc(-c2ccc(-c3nc(-c4ccc(-c5ccccc5)cc4)nc(-n4c5ccccc5c5c6ccccc6c6c7ccccc7n(-c7ccccc7)c6c54)n3)cc2)cc1. The van der Waals surface area contributed by atoms with Crippen LogP contribution in [0.25, 0.3) is 111 Å². The van der Waals surface area contributed by atoms with Crippen molar-refractivity contribution in [3.63, 3.8) is 0 Å². The van der Waals surface area contributed by atoms with Gasteiger partial charge < -0.3 is 4.57 Å². The second-order valence-corrected chi connectivity index (χ2v) is 15.2. The van der Waals surface area contributed by atoms with Crippen molar-refractivity contribution in [3.8, 4) is 56.7 Å². The molecule has 12 aromatic rings. The van der Waals surface area contributed by atoms with Gasteiger partial charge in [-0.3, -0.25) is 4.57 Å². The molecule has 0 saturated carbocycles. The van der Waals surface area contributed by atoms with Crippen LogP contribution in [0.5, 0.6) is 0 Å². The summed E-state index contributed by atoms with van der Waals surface area (Å²) in [5, 5.41) is 7.09. The molecule has 0 N–H and O–H groups in total. The minimum Gasteiger partial charge on any atom is -0.307 e. The van der Waals surface area contributed by atoms with Gasteiger partial charge >= 0.3 is 0 Å². The van der Waals surface area contributed by atoms with Gasteiger partial charge in [0.2, 0.25) is 5.95 Å². The lowest BCUT2D eigenvalue weighted by Crippen LogP contribution is -2.07. The van der Waals surface area contributed by atoms with Crippen LogP contribution < -0.4 is 0 Å². The first-order valence-corrected chi connectivity index (χ1v) is 20.3. The van der Waals surface area contributed by atoms with Crippen molar-refractivity contribution in [2.24, 2.45) is 0 Å². The number of aromatic nitrogens is 5. The summed E-state index contributed by atoms with van der Waals surface area (Å²) in [5.74, 6) is 1.77. The minimum atomic E-state index is 0.557. The van der Waals surface area contributed by atoms with E-state index in [0.29, 0.717) is 17.6 Å². The van der Waals surface area contributed by atoms with Crippen LogP contribution in [-0.2, 0) is 0 Å². The topological polar surface area (TPSA) is 48.5 Å². The van der Waals surface area contributed by atoms with Crippen LogP contribution in [0.4, 0.5) is 0 Å². The largest absolute Gasteiger partial charge is 0.307 e. The Hall–Kier alpha value is -8.15. The molecular weight excluding hydrogens is 731 g/mol. The van der Waals surface area contributed by atoms with E-state index in [2.05, 4.69) is 209 Å². The summed E-state index contributed by atoms with van der Waals surface area (Å²) in [6.45, 7) is 0. The highest BCUT2D eigenvalue weighted by atomic mass is 15.2. The number of hydrogen-bond donors (Lipinski definition) is 0. The van der Waals surface area contributed by atoms with E-state index in [0.717, 1.165) is 71.9 Å². The van der Waals surface area contributed by atoms with Gasteiger partial charge in [0.1, 0.15) is 0 Å².